The molecule has 2 aromatic rings. The van der Waals surface area contributed by atoms with Crippen molar-refractivity contribution in [1.29, 1.82) is 0 Å². The van der Waals surface area contributed by atoms with Gasteiger partial charge in [-0.3, -0.25) is 9.88 Å². The molecule has 33 heavy (non-hydrogen) atoms. The zero-order chi connectivity index (χ0) is 22.4. The Bertz CT molecular complexity index is 1240. The third-order valence-electron chi connectivity index (χ3n) is 6.96. The first kappa shape index (κ1) is 20.4. The Morgan fingerprint density at radius 1 is 1.21 bits per heavy atom. The lowest BCUT2D eigenvalue weighted by Crippen LogP contribution is -2.45. The molecule has 0 unspecified atom stereocenters. The van der Waals surface area contributed by atoms with E-state index in [1.807, 2.05) is 6.20 Å². The highest BCUT2D eigenvalue weighted by Gasteiger charge is 2.39. The number of hydrogen-bond donors (Lipinski definition) is 1. The highest BCUT2D eigenvalue weighted by Crippen LogP contribution is 2.32. The smallest absolute Gasteiger partial charge is 0.357 e. The number of rotatable bonds is 5. The Morgan fingerprint density at radius 3 is 2.97 bits per heavy atom. The molecule has 0 bridgehead atoms. The molecule has 6 rings (SSSR count). The molecule has 1 saturated heterocycles. The minimum Gasteiger partial charge on any atom is -0.492 e. The molecule has 9 nitrogen and oxygen atoms in total. The van der Waals surface area contributed by atoms with E-state index in [-0.39, 0.29) is 11.5 Å². The second-order valence-electron chi connectivity index (χ2n) is 9.13. The van der Waals surface area contributed by atoms with Gasteiger partial charge in [0.05, 0.1) is 25.0 Å². The highest BCUT2D eigenvalue weighted by molar-refractivity contribution is 6.26. The fourth-order valence-electron chi connectivity index (χ4n) is 5.22. The quantitative estimate of drug-likeness (QED) is 0.692. The summed E-state index contributed by atoms with van der Waals surface area (Å²) in [4.78, 5) is 36.0. The van der Waals surface area contributed by atoms with Gasteiger partial charge in [-0.1, -0.05) is 0 Å². The first-order valence-corrected chi connectivity index (χ1v) is 11.7. The number of carbonyl (C=O) groups is 1. The molecule has 1 fully saturated rings. The Hall–Kier alpha value is -3.17. The molecule has 0 spiro atoms. The number of aryl methyl sites for hydroxylation is 1. The van der Waals surface area contributed by atoms with E-state index in [0.717, 1.165) is 69.1 Å². The number of aromatic nitrogens is 2. The van der Waals surface area contributed by atoms with Crippen molar-refractivity contribution in [3.05, 3.63) is 46.0 Å². The molecule has 6 heterocycles. The standard InChI is InChI=1S/C24H27N6O3/c31-22-4-3-20-24-29(22)15-19(30(24)23(32)13-27-20)14-28-7-5-17(6-8-28)25-11-18-10-16-2-1-9-33-21(16)12-26-18/h3-4,10,12-13,17,25H,1-2,5-9,11,14-15H2/q+1. The molecular weight excluding hydrogens is 420 g/mol. The van der Waals surface area contributed by atoms with Crippen molar-refractivity contribution in [2.45, 2.75) is 44.8 Å². The lowest BCUT2D eigenvalue weighted by Gasteiger charge is -2.32. The molecule has 0 atom stereocenters. The number of carbonyl (C=O) groups excluding carboxylic acids is 1. The SMILES string of the molecule is O=C1C=Nc2ccc(=O)n3c2[N+]1=C(CN1CCC(NCc2cc4c(cn2)OCCC4)CC1)C3. The topological polar surface area (TPSA) is 91.8 Å². The monoisotopic (exact) mass is 447 g/mol. The van der Waals surface area contributed by atoms with E-state index in [0.29, 0.717) is 30.6 Å². The van der Waals surface area contributed by atoms with Gasteiger partial charge < -0.3 is 10.1 Å². The predicted octanol–water partition coefficient (Wildman–Crippen LogP) is 1.16. The van der Waals surface area contributed by atoms with E-state index >= 15 is 0 Å². The first-order valence-electron chi connectivity index (χ1n) is 11.7. The maximum Gasteiger partial charge on any atom is 0.357 e. The maximum atomic E-state index is 12.5. The van der Waals surface area contributed by atoms with Crippen LogP contribution < -0.4 is 15.6 Å². The minimum absolute atomic E-state index is 0.0936. The summed E-state index contributed by atoms with van der Waals surface area (Å²) in [5.74, 6) is 1.37. The van der Waals surface area contributed by atoms with Gasteiger partial charge in [0.1, 0.15) is 17.7 Å². The van der Waals surface area contributed by atoms with Crippen LogP contribution in [-0.2, 0) is 24.3 Å². The number of fused-ring (bicyclic) bond motifs is 1. The van der Waals surface area contributed by atoms with Crippen molar-refractivity contribution in [3.8, 4) is 5.75 Å². The lowest BCUT2D eigenvalue weighted by atomic mass is 10.0. The van der Waals surface area contributed by atoms with Crippen LogP contribution >= 0.6 is 0 Å². The van der Waals surface area contributed by atoms with Gasteiger partial charge in [0.2, 0.25) is 0 Å². The van der Waals surface area contributed by atoms with Gasteiger partial charge in [0, 0.05) is 31.7 Å². The minimum atomic E-state index is -0.172. The van der Waals surface area contributed by atoms with Crippen LogP contribution in [0.3, 0.4) is 0 Å². The molecule has 0 aromatic carbocycles. The lowest BCUT2D eigenvalue weighted by molar-refractivity contribution is -0.359. The van der Waals surface area contributed by atoms with Crippen LogP contribution in [0.2, 0.25) is 0 Å². The molecule has 0 saturated carbocycles. The number of hydrogen-bond acceptors (Lipinski definition) is 7. The predicted molar refractivity (Wildman–Crippen MR) is 123 cm³/mol. The van der Waals surface area contributed by atoms with E-state index in [4.69, 9.17) is 4.74 Å². The van der Waals surface area contributed by atoms with Crippen molar-refractivity contribution < 1.29 is 14.1 Å². The summed E-state index contributed by atoms with van der Waals surface area (Å²) in [6, 6.07) is 5.82. The van der Waals surface area contributed by atoms with Gasteiger partial charge in [-0.15, -0.1) is 0 Å². The summed E-state index contributed by atoms with van der Waals surface area (Å²) >= 11 is 0. The normalized spacial score (nSPS) is 20.1. The molecule has 9 heteroatoms. The molecule has 0 aliphatic carbocycles. The summed E-state index contributed by atoms with van der Waals surface area (Å²) < 4.78 is 8.99. The number of likely N-dealkylation sites (tertiary alicyclic amines) is 1. The fourth-order valence-corrected chi connectivity index (χ4v) is 5.22. The van der Waals surface area contributed by atoms with Crippen LogP contribution in [0.25, 0.3) is 0 Å². The van der Waals surface area contributed by atoms with Crippen LogP contribution in [0, 0.1) is 0 Å². The van der Waals surface area contributed by atoms with Crippen LogP contribution in [0.15, 0.2) is 34.2 Å². The maximum absolute atomic E-state index is 12.5. The number of ether oxygens (including phenoxy) is 1. The molecule has 2 aromatic heterocycles. The molecule has 4 aliphatic rings. The van der Waals surface area contributed by atoms with Gasteiger partial charge in [-0.05, 0) is 43.4 Å². The van der Waals surface area contributed by atoms with Gasteiger partial charge in [0.15, 0.2) is 12.2 Å². The third kappa shape index (κ3) is 3.81. The largest absolute Gasteiger partial charge is 0.492 e. The second kappa shape index (κ2) is 8.31. The average molecular weight is 448 g/mol. The summed E-state index contributed by atoms with van der Waals surface area (Å²) in [6.45, 7) is 4.56. The van der Waals surface area contributed by atoms with Crippen molar-refractivity contribution in [2.75, 3.05) is 26.2 Å². The van der Waals surface area contributed by atoms with E-state index < -0.39 is 0 Å². The summed E-state index contributed by atoms with van der Waals surface area (Å²) in [5, 5.41) is 3.66. The second-order valence-corrected chi connectivity index (χ2v) is 9.13. The van der Waals surface area contributed by atoms with Gasteiger partial charge >= 0.3 is 17.3 Å². The van der Waals surface area contributed by atoms with Crippen molar-refractivity contribution in [3.63, 3.8) is 0 Å². The molecule has 1 N–H and O–H groups in total. The van der Waals surface area contributed by atoms with E-state index in [2.05, 4.69) is 26.3 Å². The molecule has 170 valence electrons. The summed E-state index contributed by atoms with van der Waals surface area (Å²) in [5.41, 5.74) is 3.85. The van der Waals surface area contributed by atoms with E-state index in [9.17, 15) is 9.59 Å². The number of nitrogens with zero attached hydrogens (tertiary/aromatic N) is 5. The Kier molecular flexibility index (Phi) is 5.15. The molecule has 1 amide bonds. The van der Waals surface area contributed by atoms with E-state index in [1.54, 1.807) is 15.2 Å². The first-order chi connectivity index (χ1) is 16.2. The fraction of sp³-hybridized carbons (Fsp3) is 0.458. The Morgan fingerprint density at radius 2 is 2.09 bits per heavy atom. The van der Waals surface area contributed by atoms with Crippen LogP contribution in [0.5, 0.6) is 5.75 Å². The summed E-state index contributed by atoms with van der Waals surface area (Å²) in [7, 11) is 0. The highest BCUT2D eigenvalue weighted by atomic mass is 16.5. The molecule has 4 aliphatic heterocycles. The molecular formula is C24H27N6O3+. The summed E-state index contributed by atoms with van der Waals surface area (Å²) in [6.07, 6.45) is 7.40. The molecule has 0 radical (unpaired) electrons. The van der Waals surface area contributed by atoms with Crippen molar-refractivity contribution >= 4 is 29.3 Å². The third-order valence-corrected chi connectivity index (χ3v) is 6.96. The van der Waals surface area contributed by atoms with Gasteiger partial charge in [-0.2, -0.15) is 9.14 Å². The van der Waals surface area contributed by atoms with Gasteiger partial charge in [-0.25, -0.2) is 14.6 Å². The van der Waals surface area contributed by atoms with Crippen LogP contribution in [-0.4, -0.2) is 69.1 Å². The average Bonchev–Trinajstić information content (AvgIpc) is 3.23. The van der Waals surface area contributed by atoms with Crippen LogP contribution in [0.1, 0.15) is 30.5 Å². The Labute approximate surface area is 191 Å². The zero-order valence-electron chi connectivity index (χ0n) is 18.5. The van der Waals surface area contributed by atoms with Crippen LogP contribution in [0.4, 0.5) is 11.5 Å². The van der Waals surface area contributed by atoms with Crippen molar-refractivity contribution in [2.24, 2.45) is 4.99 Å². The zero-order valence-corrected chi connectivity index (χ0v) is 18.5. The van der Waals surface area contributed by atoms with E-state index in [1.165, 1.54) is 17.8 Å². The van der Waals surface area contributed by atoms with Crippen molar-refractivity contribution in [1.82, 2.24) is 19.8 Å². The number of pyridine rings is 2. The number of aliphatic imine (C=N–C) groups is 1. The number of piperidine rings is 1. The Balaban J connectivity index is 1.07. The number of amides is 1. The van der Waals surface area contributed by atoms with Gasteiger partial charge in [0.25, 0.3) is 0 Å². The number of nitrogens with one attached hydrogen (secondary N) is 1.